The van der Waals surface area contributed by atoms with E-state index in [1.54, 1.807) is 6.20 Å². The van der Waals surface area contributed by atoms with Crippen LogP contribution in [0.4, 0.5) is 0 Å². The number of aromatic nitrogens is 3. The van der Waals surface area contributed by atoms with Crippen molar-refractivity contribution in [2.45, 2.75) is 30.1 Å². The van der Waals surface area contributed by atoms with Gasteiger partial charge in [-0.15, -0.1) is 0 Å². The first-order valence-electron chi connectivity index (χ1n) is 6.48. The van der Waals surface area contributed by atoms with Crippen molar-refractivity contribution < 1.29 is 0 Å². The molecular formula is C15H16N4S. The molecule has 0 radical (unpaired) electrons. The van der Waals surface area contributed by atoms with Gasteiger partial charge in [-0.2, -0.15) is 0 Å². The molecule has 1 atom stereocenters. The maximum atomic E-state index is 5.98. The van der Waals surface area contributed by atoms with Crippen LogP contribution in [-0.2, 0) is 0 Å². The van der Waals surface area contributed by atoms with E-state index in [-0.39, 0.29) is 6.04 Å². The lowest BCUT2D eigenvalue weighted by molar-refractivity contribution is 0.779. The lowest BCUT2D eigenvalue weighted by Gasteiger charge is -2.09. The van der Waals surface area contributed by atoms with Crippen molar-refractivity contribution in [2.24, 2.45) is 5.73 Å². The predicted octanol–water partition coefficient (Wildman–Crippen LogP) is 3.44. The second-order valence-electron chi connectivity index (χ2n) is 4.85. The van der Waals surface area contributed by atoms with Crippen molar-refractivity contribution in [3.05, 3.63) is 47.7 Å². The van der Waals surface area contributed by atoms with Crippen LogP contribution < -0.4 is 5.73 Å². The van der Waals surface area contributed by atoms with Crippen LogP contribution in [0, 0.1) is 6.92 Å². The number of aromatic amines is 1. The second-order valence-corrected chi connectivity index (χ2v) is 5.83. The number of aryl methyl sites for hydroxylation is 1. The van der Waals surface area contributed by atoms with Gasteiger partial charge in [0.1, 0.15) is 5.03 Å². The third-order valence-corrected chi connectivity index (χ3v) is 4.02. The molecule has 0 amide bonds. The molecule has 2 aromatic heterocycles. The number of hydrogen-bond acceptors (Lipinski definition) is 4. The fourth-order valence-electron chi connectivity index (χ4n) is 2.08. The van der Waals surface area contributed by atoms with E-state index >= 15 is 0 Å². The first-order valence-corrected chi connectivity index (χ1v) is 7.30. The van der Waals surface area contributed by atoms with Crippen molar-refractivity contribution in [1.82, 2.24) is 15.0 Å². The highest BCUT2D eigenvalue weighted by Gasteiger charge is 2.11. The standard InChI is InChI=1S/C15H16N4S/c1-9-5-6-12-13(8-9)19-15(18-12)20-14-11(10(2)16)4-3-7-17-14/h3-8,10H,16H2,1-2H3,(H,18,19)/t10-/m1/s1. The van der Waals surface area contributed by atoms with Crippen LogP contribution in [0.5, 0.6) is 0 Å². The summed E-state index contributed by atoms with van der Waals surface area (Å²) in [5, 5.41) is 1.74. The van der Waals surface area contributed by atoms with Gasteiger partial charge in [0.25, 0.3) is 0 Å². The van der Waals surface area contributed by atoms with Gasteiger partial charge >= 0.3 is 0 Å². The lowest BCUT2D eigenvalue weighted by atomic mass is 10.2. The molecule has 0 bridgehead atoms. The number of benzene rings is 1. The van der Waals surface area contributed by atoms with Gasteiger partial charge in [-0.3, -0.25) is 0 Å². The van der Waals surface area contributed by atoms with Gasteiger partial charge in [0.05, 0.1) is 11.0 Å². The Bertz CT molecular complexity index is 748. The summed E-state index contributed by atoms with van der Waals surface area (Å²) in [6.45, 7) is 4.03. The highest BCUT2D eigenvalue weighted by atomic mass is 32.2. The van der Waals surface area contributed by atoms with Crippen LogP contribution in [0.1, 0.15) is 24.1 Å². The number of nitrogens with one attached hydrogen (secondary N) is 1. The smallest absolute Gasteiger partial charge is 0.172 e. The second kappa shape index (κ2) is 5.26. The predicted molar refractivity (Wildman–Crippen MR) is 81.8 cm³/mol. The zero-order valence-corrected chi connectivity index (χ0v) is 12.2. The van der Waals surface area contributed by atoms with E-state index in [1.807, 2.05) is 25.1 Å². The summed E-state index contributed by atoms with van der Waals surface area (Å²) in [6.07, 6.45) is 1.78. The van der Waals surface area contributed by atoms with E-state index in [0.29, 0.717) is 0 Å². The SMILES string of the molecule is Cc1ccc2nc(Sc3ncccc3[C@@H](C)N)[nH]c2c1. The van der Waals surface area contributed by atoms with Crippen molar-refractivity contribution in [3.63, 3.8) is 0 Å². The van der Waals surface area contributed by atoms with Gasteiger partial charge in [-0.05, 0) is 49.4 Å². The molecule has 3 rings (SSSR count). The average molecular weight is 284 g/mol. The molecular weight excluding hydrogens is 268 g/mol. The van der Waals surface area contributed by atoms with Crippen LogP contribution in [0.25, 0.3) is 11.0 Å². The van der Waals surface area contributed by atoms with Crippen LogP contribution in [-0.4, -0.2) is 15.0 Å². The molecule has 20 heavy (non-hydrogen) atoms. The molecule has 102 valence electrons. The number of pyridine rings is 1. The van der Waals surface area contributed by atoms with Gasteiger partial charge in [0.2, 0.25) is 0 Å². The van der Waals surface area contributed by atoms with Gasteiger partial charge in [0.15, 0.2) is 5.16 Å². The maximum Gasteiger partial charge on any atom is 0.172 e. The van der Waals surface area contributed by atoms with Crippen molar-refractivity contribution >= 4 is 22.8 Å². The summed E-state index contributed by atoms with van der Waals surface area (Å²) in [5.74, 6) is 0. The van der Waals surface area contributed by atoms with E-state index in [0.717, 1.165) is 26.8 Å². The third-order valence-electron chi connectivity index (χ3n) is 3.10. The van der Waals surface area contributed by atoms with E-state index in [9.17, 15) is 0 Å². The first-order chi connectivity index (χ1) is 9.63. The van der Waals surface area contributed by atoms with Crippen LogP contribution in [0.2, 0.25) is 0 Å². The molecule has 4 nitrogen and oxygen atoms in total. The molecule has 0 spiro atoms. The van der Waals surface area contributed by atoms with E-state index in [4.69, 9.17) is 5.73 Å². The Labute approximate surface area is 121 Å². The van der Waals surface area contributed by atoms with Crippen LogP contribution in [0.15, 0.2) is 46.7 Å². The van der Waals surface area contributed by atoms with Gasteiger partial charge in [0, 0.05) is 17.8 Å². The molecule has 3 aromatic rings. The number of nitrogens with two attached hydrogens (primary N) is 1. The van der Waals surface area contributed by atoms with Crippen LogP contribution >= 0.6 is 11.8 Å². The summed E-state index contributed by atoms with van der Waals surface area (Å²) in [7, 11) is 0. The summed E-state index contributed by atoms with van der Waals surface area (Å²) in [6, 6.07) is 10.1. The Morgan fingerprint density at radius 2 is 2.15 bits per heavy atom. The molecule has 3 N–H and O–H groups in total. The molecule has 0 fully saturated rings. The minimum atomic E-state index is -0.0437. The molecule has 2 heterocycles. The fraction of sp³-hybridized carbons (Fsp3) is 0.200. The summed E-state index contributed by atoms with van der Waals surface area (Å²) in [5.41, 5.74) is 10.2. The van der Waals surface area contributed by atoms with Gasteiger partial charge in [-0.25, -0.2) is 9.97 Å². The summed E-state index contributed by atoms with van der Waals surface area (Å²) in [4.78, 5) is 12.3. The Hall–Kier alpha value is -1.85. The first kappa shape index (κ1) is 13.1. The number of fused-ring (bicyclic) bond motifs is 1. The van der Waals surface area contributed by atoms with Crippen LogP contribution in [0.3, 0.4) is 0 Å². The van der Waals surface area contributed by atoms with Crippen molar-refractivity contribution in [2.75, 3.05) is 0 Å². The van der Waals surface area contributed by atoms with E-state index < -0.39 is 0 Å². The minimum absolute atomic E-state index is 0.0437. The number of nitrogens with zero attached hydrogens (tertiary/aromatic N) is 2. The molecule has 0 saturated heterocycles. The molecule has 1 aromatic carbocycles. The highest BCUT2D eigenvalue weighted by molar-refractivity contribution is 7.99. The zero-order chi connectivity index (χ0) is 14.1. The maximum absolute atomic E-state index is 5.98. The van der Waals surface area contributed by atoms with E-state index in [2.05, 4.69) is 34.0 Å². The summed E-state index contributed by atoms with van der Waals surface area (Å²) < 4.78 is 0. The van der Waals surface area contributed by atoms with Gasteiger partial charge in [-0.1, -0.05) is 12.1 Å². The molecule has 0 aliphatic carbocycles. The average Bonchev–Trinajstić information content (AvgIpc) is 2.80. The molecule has 0 saturated carbocycles. The van der Waals surface area contributed by atoms with Crippen molar-refractivity contribution in [1.29, 1.82) is 0 Å². The van der Waals surface area contributed by atoms with E-state index in [1.165, 1.54) is 17.3 Å². The Kier molecular flexibility index (Phi) is 3.46. The quantitative estimate of drug-likeness (QED) is 0.773. The molecule has 0 aliphatic rings. The number of hydrogen-bond donors (Lipinski definition) is 2. The zero-order valence-electron chi connectivity index (χ0n) is 11.4. The number of rotatable bonds is 3. The minimum Gasteiger partial charge on any atom is -0.333 e. The normalized spacial score (nSPS) is 12.8. The monoisotopic (exact) mass is 284 g/mol. The highest BCUT2D eigenvalue weighted by Crippen LogP contribution is 2.30. The Balaban J connectivity index is 1.97. The lowest BCUT2D eigenvalue weighted by Crippen LogP contribution is -2.07. The molecule has 0 aliphatic heterocycles. The fourth-order valence-corrected chi connectivity index (χ4v) is 3.05. The molecule has 0 unspecified atom stereocenters. The largest absolute Gasteiger partial charge is 0.333 e. The Morgan fingerprint density at radius 3 is 2.95 bits per heavy atom. The third kappa shape index (κ3) is 2.55. The van der Waals surface area contributed by atoms with Gasteiger partial charge < -0.3 is 10.7 Å². The molecule has 5 heteroatoms. The number of H-pyrrole nitrogens is 1. The summed E-state index contributed by atoms with van der Waals surface area (Å²) >= 11 is 1.52. The van der Waals surface area contributed by atoms with Crippen molar-refractivity contribution in [3.8, 4) is 0 Å². The number of imidazole rings is 1. The Morgan fingerprint density at radius 1 is 1.30 bits per heavy atom. The topological polar surface area (TPSA) is 67.6 Å².